The lowest BCUT2D eigenvalue weighted by Gasteiger charge is -2.07. The normalized spacial score (nSPS) is 12.1. The van der Waals surface area contributed by atoms with E-state index in [1.807, 2.05) is 12.1 Å². The smallest absolute Gasteiger partial charge is 0.298 e. The molecule has 0 radical (unpaired) electrons. The molecular weight excluding hydrogens is 504 g/mol. The highest BCUT2D eigenvalue weighted by Gasteiger charge is 2.30. The molecule has 6 aromatic carbocycles. The van der Waals surface area contributed by atoms with Crippen LogP contribution >= 0.6 is 0 Å². The molecule has 3 heterocycles. The highest BCUT2D eigenvalue weighted by molar-refractivity contribution is 6.17. The van der Waals surface area contributed by atoms with Crippen molar-refractivity contribution in [3.63, 3.8) is 0 Å². The molecule has 0 aliphatic heterocycles. The van der Waals surface area contributed by atoms with E-state index < -0.39 is 0 Å². The summed E-state index contributed by atoms with van der Waals surface area (Å²) in [5.41, 5.74) is 9.17. The number of rotatable bonds is 2. The van der Waals surface area contributed by atoms with Gasteiger partial charge in [-0.3, -0.25) is 0 Å². The fourth-order valence-corrected chi connectivity index (χ4v) is 6.65. The Labute approximate surface area is 235 Å². The van der Waals surface area contributed by atoms with Crippen LogP contribution in [0, 0.1) is 6.92 Å². The predicted molar refractivity (Wildman–Crippen MR) is 167 cm³/mol. The number of para-hydroxylation sites is 3. The molecule has 9 aromatic rings. The number of imidazole rings is 1. The van der Waals surface area contributed by atoms with Crippen LogP contribution in [0.3, 0.4) is 0 Å². The monoisotopic (exact) mass is 529 g/mol. The molecule has 4 nitrogen and oxygen atoms in total. The van der Waals surface area contributed by atoms with Crippen molar-refractivity contribution < 1.29 is 13.4 Å². The maximum Gasteiger partial charge on any atom is 0.298 e. The van der Waals surface area contributed by atoms with Gasteiger partial charge in [-0.05, 0) is 54.3 Å². The van der Waals surface area contributed by atoms with E-state index in [2.05, 4.69) is 126 Å². The zero-order valence-electron chi connectivity index (χ0n) is 22.7. The molecule has 0 fully saturated rings. The van der Waals surface area contributed by atoms with Crippen molar-refractivity contribution in [1.29, 1.82) is 0 Å². The molecule has 194 valence electrons. The molecule has 0 atom stereocenters. The number of aromatic nitrogens is 2. The Balaban J connectivity index is 1.41. The minimum absolute atomic E-state index is 0.875. The first kappa shape index (κ1) is 22.5. The van der Waals surface area contributed by atoms with Gasteiger partial charge in [-0.15, -0.1) is 0 Å². The topological polar surface area (TPSA) is 35.1 Å². The number of aryl methyl sites for hydroxylation is 2. The van der Waals surface area contributed by atoms with E-state index in [-0.39, 0.29) is 0 Å². The molecular formula is C37H25N2O2+. The summed E-state index contributed by atoms with van der Waals surface area (Å²) in [5, 5.41) is 6.81. The molecule has 0 unspecified atom stereocenters. The fourth-order valence-electron chi connectivity index (χ4n) is 6.65. The zero-order chi connectivity index (χ0) is 27.2. The van der Waals surface area contributed by atoms with Crippen LogP contribution in [-0.2, 0) is 7.05 Å². The van der Waals surface area contributed by atoms with Crippen molar-refractivity contribution in [2.45, 2.75) is 6.92 Å². The summed E-state index contributed by atoms with van der Waals surface area (Å²) in [6.07, 6.45) is 0. The number of furan rings is 2. The third-order valence-electron chi connectivity index (χ3n) is 8.60. The van der Waals surface area contributed by atoms with Crippen molar-refractivity contribution >= 4 is 65.7 Å². The summed E-state index contributed by atoms with van der Waals surface area (Å²) in [4.78, 5) is 0. The second-order valence-electron chi connectivity index (χ2n) is 10.9. The van der Waals surface area contributed by atoms with Gasteiger partial charge in [0, 0.05) is 33.0 Å². The van der Waals surface area contributed by atoms with Crippen molar-refractivity contribution in [3.05, 3.63) is 121 Å². The van der Waals surface area contributed by atoms with Crippen LogP contribution < -0.4 is 4.57 Å². The Morgan fingerprint density at radius 2 is 1.29 bits per heavy atom. The molecule has 0 saturated heterocycles. The second kappa shape index (κ2) is 8.09. The minimum Gasteiger partial charge on any atom is -0.456 e. The van der Waals surface area contributed by atoms with Gasteiger partial charge in [0.05, 0.1) is 7.05 Å². The van der Waals surface area contributed by atoms with Crippen LogP contribution in [0.4, 0.5) is 0 Å². The second-order valence-corrected chi connectivity index (χ2v) is 10.9. The molecule has 0 aliphatic carbocycles. The van der Waals surface area contributed by atoms with Gasteiger partial charge in [-0.2, -0.15) is 4.57 Å². The van der Waals surface area contributed by atoms with Gasteiger partial charge in [0.15, 0.2) is 16.6 Å². The average Bonchev–Trinajstić information content (AvgIpc) is 3.66. The highest BCUT2D eigenvalue weighted by Crippen LogP contribution is 2.41. The first-order chi connectivity index (χ1) is 20.2. The van der Waals surface area contributed by atoms with Gasteiger partial charge < -0.3 is 8.83 Å². The Morgan fingerprint density at radius 3 is 2.22 bits per heavy atom. The highest BCUT2D eigenvalue weighted by atomic mass is 16.3. The summed E-state index contributed by atoms with van der Waals surface area (Å²) < 4.78 is 17.8. The Morgan fingerprint density at radius 1 is 0.585 bits per heavy atom. The number of benzene rings is 6. The standard InChI is InChI=1S/C37H25N2O2/c1-22-15-18-29-28-19-16-23-9-3-4-10-25(23)35(28)41-36(29)34(22)37-38(2)30-12-6-7-13-31(30)39(37)24-17-20-27-26-11-5-8-14-32(26)40-33(27)21-24/h3-21H,1-2H3/q+1. The lowest BCUT2D eigenvalue weighted by molar-refractivity contribution is -0.633. The molecule has 41 heavy (non-hydrogen) atoms. The average molecular weight is 530 g/mol. The lowest BCUT2D eigenvalue weighted by Crippen LogP contribution is -2.30. The van der Waals surface area contributed by atoms with Gasteiger partial charge >= 0.3 is 0 Å². The van der Waals surface area contributed by atoms with E-state index in [0.717, 1.165) is 82.9 Å². The Hall–Kier alpha value is -5.35. The van der Waals surface area contributed by atoms with Crippen molar-refractivity contribution in [2.24, 2.45) is 7.05 Å². The minimum atomic E-state index is 0.875. The molecule has 0 amide bonds. The largest absolute Gasteiger partial charge is 0.456 e. The third-order valence-corrected chi connectivity index (χ3v) is 8.60. The van der Waals surface area contributed by atoms with Gasteiger partial charge in [-0.1, -0.05) is 72.8 Å². The van der Waals surface area contributed by atoms with Crippen LogP contribution in [-0.4, -0.2) is 4.57 Å². The summed E-state index contributed by atoms with van der Waals surface area (Å²) in [7, 11) is 2.14. The summed E-state index contributed by atoms with van der Waals surface area (Å²) >= 11 is 0. The molecule has 9 rings (SSSR count). The number of fused-ring (bicyclic) bond motifs is 9. The van der Waals surface area contributed by atoms with Crippen LogP contribution in [0.15, 0.2) is 124 Å². The van der Waals surface area contributed by atoms with E-state index in [4.69, 9.17) is 8.83 Å². The first-order valence-electron chi connectivity index (χ1n) is 13.9. The third kappa shape index (κ3) is 3.02. The van der Waals surface area contributed by atoms with Crippen molar-refractivity contribution in [3.8, 4) is 17.1 Å². The summed E-state index contributed by atoms with van der Waals surface area (Å²) in [6.45, 7) is 2.17. The van der Waals surface area contributed by atoms with Gasteiger partial charge in [0.1, 0.15) is 28.0 Å². The maximum absolute atomic E-state index is 6.84. The summed E-state index contributed by atoms with van der Waals surface area (Å²) in [5.74, 6) is 1.06. The van der Waals surface area contributed by atoms with E-state index in [1.54, 1.807) is 0 Å². The maximum atomic E-state index is 6.84. The van der Waals surface area contributed by atoms with Crippen LogP contribution in [0.1, 0.15) is 5.56 Å². The lowest BCUT2D eigenvalue weighted by atomic mass is 10.0. The molecule has 0 saturated carbocycles. The van der Waals surface area contributed by atoms with E-state index in [0.29, 0.717) is 0 Å². The van der Waals surface area contributed by atoms with Crippen LogP contribution in [0.25, 0.3) is 82.8 Å². The van der Waals surface area contributed by atoms with Crippen molar-refractivity contribution in [2.75, 3.05) is 0 Å². The van der Waals surface area contributed by atoms with E-state index in [9.17, 15) is 0 Å². The van der Waals surface area contributed by atoms with E-state index in [1.165, 1.54) is 5.39 Å². The molecule has 3 aromatic heterocycles. The SMILES string of the molecule is Cc1ccc2c(oc3c4ccccc4ccc23)c1-c1n(-c2ccc3c(c2)oc2ccccc23)c2ccccc2[n+]1C. The van der Waals surface area contributed by atoms with Crippen LogP contribution in [0.2, 0.25) is 0 Å². The van der Waals surface area contributed by atoms with Gasteiger partial charge in [0.25, 0.3) is 5.82 Å². The molecule has 0 N–H and O–H groups in total. The van der Waals surface area contributed by atoms with E-state index >= 15 is 0 Å². The molecule has 0 spiro atoms. The Bertz CT molecular complexity index is 2510. The summed E-state index contributed by atoms with van der Waals surface area (Å²) in [6, 6.07) is 40.5. The quantitative estimate of drug-likeness (QED) is 0.209. The van der Waals surface area contributed by atoms with Gasteiger partial charge in [-0.25, -0.2) is 4.57 Å². The predicted octanol–water partition coefficient (Wildman–Crippen LogP) is 9.38. The van der Waals surface area contributed by atoms with Gasteiger partial charge in [0.2, 0.25) is 0 Å². The number of hydrogen-bond acceptors (Lipinski definition) is 2. The Kier molecular flexibility index (Phi) is 4.43. The fraction of sp³-hybridized carbons (Fsp3) is 0.0541. The molecule has 0 aliphatic rings. The zero-order valence-corrected chi connectivity index (χ0v) is 22.7. The number of hydrogen-bond donors (Lipinski definition) is 0. The number of nitrogens with zero attached hydrogens (tertiary/aromatic N) is 2. The van der Waals surface area contributed by atoms with Crippen molar-refractivity contribution in [1.82, 2.24) is 4.57 Å². The molecule has 0 bridgehead atoms. The van der Waals surface area contributed by atoms with Crippen LogP contribution in [0.5, 0.6) is 0 Å². The molecule has 4 heteroatoms. The first-order valence-corrected chi connectivity index (χ1v) is 13.9.